The van der Waals surface area contributed by atoms with Gasteiger partial charge < -0.3 is 9.47 Å². The Hall–Kier alpha value is -1.81. The van der Waals surface area contributed by atoms with Crippen LogP contribution in [0.1, 0.15) is 12.7 Å². The van der Waals surface area contributed by atoms with Gasteiger partial charge in [-0.25, -0.2) is 4.98 Å². The highest BCUT2D eigenvalue weighted by molar-refractivity contribution is 6.29. The average molecular weight is 265 g/mol. The van der Waals surface area contributed by atoms with Crippen LogP contribution in [0.2, 0.25) is 5.15 Å². The summed E-state index contributed by atoms with van der Waals surface area (Å²) in [5, 5.41) is 0.347. The molecule has 4 nitrogen and oxygen atoms in total. The lowest BCUT2D eigenvalue weighted by atomic mass is 10.3. The molecule has 5 heteroatoms. The van der Waals surface area contributed by atoms with Crippen LogP contribution in [-0.4, -0.2) is 16.6 Å². The number of benzene rings is 1. The maximum Gasteiger partial charge on any atom is 0.218 e. The van der Waals surface area contributed by atoms with Gasteiger partial charge in [0.1, 0.15) is 17.5 Å². The first-order valence-electron chi connectivity index (χ1n) is 5.62. The predicted molar refractivity (Wildman–Crippen MR) is 69.0 cm³/mol. The molecule has 94 valence electrons. The van der Waals surface area contributed by atoms with Gasteiger partial charge in [0.25, 0.3) is 0 Å². The van der Waals surface area contributed by atoms with Crippen molar-refractivity contribution >= 4 is 11.6 Å². The van der Waals surface area contributed by atoms with Gasteiger partial charge in [-0.15, -0.1) is 0 Å². The van der Waals surface area contributed by atoms with E-state index < -0.39 is 0 Å². The zero-order chi connectivity index (χ0) is 12.8. The molecule has 2 aromatic rings. The van der Waals surface area contributed by atoms with Gasteiger partial charge in [-0.3, -0.25) is 0 Å². The molecule has 0 atom stereocenters. The van der Waals surface area contributed by atoms with Gasteiger partial charge in [-0.1, -0.05) is 29.8 Å². The fraction of sp³-hybridized carbons (Fsp3) is 0.231. The van der Waals surface area contributed by atoms with Gasteiger partial charge in [-0.2, -0.15) is 4.98 Å². The third-order valence-electron chi connectivity index (χ3n) is 2.12. The maximum atomic E-state index is 5.88. The molecule has 0 bridgehead atoms. The third-order valence-corrected chi connectivity index (χ3v) is 2.31. The van der Waals surface area contributed by atoms with Crippen LogP contribution in [0.25, 0.3) is 0 Å². The van der Waals surface area contributed by atoms with E-state index in [4.69, 9.17) is 21.1 Å². The van der Waals surface area contributed by atoms with E-state index >= 15 is 0 Å². The highest BCUT2D eigenvalue weighted by Crippen LogP contribution is 2.15. The molecule has 1 aromatic carbocycles. The number of para-hydroxylation sites is 1. The lowest BCUT2D eigenvalue weighted by molar-refractivity contribution is 0.286. The van der Waals surface area contributed by atoms with Crippen LogP contribution in [-0.2, 0) is 6.61 Å². The van der Waals surface area contributed by atoms with E-state index in [1.165, 1.54) is 0 Å². The third kappa shape index (κ3) is 3.60. The summed E-state index contributed by atoms with van der Waals surface area (Å²) in [7, 11) is 0. The maximum absolute atomic E-state index is 5.88. The minimum Gasteiger partial charge on any atom is -0.486 e. The lowest BCUT2D eigenvalue weighted by Gasteiger charge is -2.07. The smallest absolute Gasteiger partial charge is 0.218 e. The van der Waals surface area contributed by atoms with Gasteiger partial charge in [-0.05, 0) is 19.1 Å². The zero-order valence-corrected chi connectivity index (χ0v) is 10.7. The molecule has 0 unspecified atom stereocenters. The molecule has 0 radical (unpaired) electrons. The molecule has 0 spiro atoms. The Morgan fingerprint density at radius 1 is 1.11 bits per heavy atom. The number of hydrogen-bond donors (Lipinski definition) is 0. The standard InChI is InChI=1S/C13H13ClN2O2/c1-2-17-13-8-11(14)15-12(16-13)9-18-10-6-4-3-5-7-10/h3-8H,2,9H2,1H3. The molecule has 0 amide bonds. The lowest BCUT2D eigenvalue weighted by Crippen LogP contribution is -2.04. The quantitative estimate of drug-likeness (QED) is 0.779. The first kappa shape index (κ1) is 12.6. The molecule has 0 saturated heterocycles. The summed E-state index contributed by atoms with van der Waals surface area (Å²) >= 11 is 5.88. The SMILES string of the molecule is CCOc1cc(Cl)nc(COc2ccccc2)n1. The van der Waals surface area contributed by atoms with Gasteiger partial charge in [0, 0.05) is 6.07 Å². The van der Waals surface area contributed by atoms with Crippen molar-refractivity contribution in [3.8, 4) is 11.6 Å². The first-order valence-corrected chi connectivity index (χ1v) is 6.00. The van der Waals surface area contributed by atoms with Crippen molar-refractivity contribution in [3.63, 3.8) is 0 Å². The van der Waals surface area contributed by atoms with Crippen molar-refractivity contribution in [2.75, 3.05) is 6.61 Å². The van der Waals surface area contributed by atoms with Gasteiger partial charge >= 0.3 is 0 Å². The number of rotatable bonds is 5. The monoisotopic (exact) mass is 264 g/mol. The second-order valence-electron chi connectivity index (χ2n) is 3.48. The van der Waals surface area contributed by atoms with Crippen molar-refractivity contribution in [1.29, 1.82) is 0 Å². The molecule has 0 fully saturated rings. The van der Waals surface area contributed by atoms with E-state index in [0.29, 0.717) is 23.5 Å². The molecular formula is C13H13ClN2O2. The van der Waals surface area contributed by atoms with Crippen molar-refractivity contribution in [1.82, 2.24) is 9.97 Å². The van der Waals surface area contributed by atoms with Crippen molar-refractivity contribution in [2.24, 2.45) is 0 Å². The van der Waals surface area contributed by atoms with Crippen LogP contribution >= 0.6 is 11.6 Å². The number of hydrogen-bond acceptors (Lipinski definition) is 4. The zero-order valence-electron chi connectivity index (χ0n) is 9.97. The Kier molecular flexibility index (Phi) is 4.36. The number of aromatic nitrogens is 2. The summed E-state index contributed by atoms with van der Waals surface area (Å²) in [5.74, 6) is 1.72. The summed E-state index contributed by atoms with van der Waals surface area (Å²) in [5.41, 5.74) is 0. The molecule has 0 aliphatic rings. The van der Waals surface area contributed by atoms with E-state index in [2.05, 4.69) is 9.97 Å². The molecule has 0 aliphatic heterocycles. The molecule has 1 aromatic heterocycles. The van der Waals surface area contributed by atoms with Gasteiger partial charge in [0.05, 0.1) is 6.61 Å². The van der Waals surface area contributed by atoms with E-state index in [1.807, 2.05) is 37.3 Å². The molecule has 0 saturated carbocycles. The largest absolute Gasteiger partial charge is 0.486 e. The van der Waals surface area contributed by atoms with Crippen molar-refractivity contribution < 1.29 is 9.47 Å². The minimum absolute atomic E-state index is 0.255. The van der Waals surface area contributed by atoms with Crippen molar-refractivity contribution in [3.05, 3.63) is 47.4 Å². The van der Waals surface area contributed by atoms with Crippen LogP contribution in [0, 0.1) is 0 Å². The van der Waals surface area contributed by atoms with E-state index in [9.17, 15) is 0 Å². The molecule has 1 heterocycles. The Balaban J connectivity index is 2.05. The Morgan fingerprint density at radius 2 is 1.89 bits per heavy atom. The second kappa shape index (κ2) is 6.21. The first-order chi connectivity index (χ1) is 8.78. The minimum atomic E-state index is 0.255. The van der Waals surface area contributed by atoms with Crippen LogP contribution in [0.4, 0.5) is 0 Å². The molecule has 2 rings (SSSR count). The Bertz CT molecular complexity index is 506. The fourth-order valence-electron chi connectivity index (χ4n) is 1.39. The number of halogens is 1. The summed E-state index contributed by atoms with van der Waals surface area (Å²) in [6.45, 7) is 2.67. The van der Waals surface area contributed by atoms with Crippen molar-refractivity contribution in [2.45, 2.75) is 13.5 Å². The van der Waals surface area contributed by atoms with Crippen LogP contribution in [0.3, 0.4) is 0 Å². The van der Waals surface area contributed by atoms with Crippen LogP contribution in [0.5, 0.6) is 11.6 Å². The van der Waals surface area contributed by atoms with E-state index in [0.717, 1.165) is 5.75 Å². The number of ether oxygens (including phenoxy) is 2. The number of nitrogens with zero attached hydrogens (tertiary/aromatic N) is 2. The highest BCUT2D eigenvalue weighted by atomic mass is 35.5. The average Bonchev–Trinajstić information content (AvgIpc) is 2.37. The van der Waals surface area contributed by atoms with E-state index in [-0.39, 0.29) is 6.61 Å². The Labute approximate surface area is 111 Å². The summed E-state index contributed by atoms with van der Waals surface area (Å²) in [4.78, 5) is 8.28. The molecule has 18 heavy (non-hydrogen) atoms. The highest BCUT2D eigenvalue weighted by Gasteiger charge is 2.04. The Morgan fingerprint density at radius 3 is 2.61 bits per heavy atom. The summed E-state index contributed by atoms with van der Waals surface area (Å²) in [6, 6.07) is 11.1. The summed E-state index contributed by atoms with van der Waals surface area (Å²) in [6.07, 6.45) is 0. The second-order valence-corrected chi connectivity index (χ2v) is 3.87. The van der Waals surface area contributed by atoms with Crippen LogP contribution < -0.4 is 9.47 Å². The van der Waals surface area contributed by atoms with Gasteiger partial charge in [0.2, 0.25) is 5.88 Å². The molecule has 0 aliphatic carbocycles. The normalized spacial score (nSPS) is 10.1. The topological polar surface area (TPSA) is 44.2 Å². The van der Waals surface area contributed by atoms with Gasteiger partial charge in [0.15, 0.2) is 5.82 Å². The predicted octanol–water partition coefficient (Wildman–Crippen LogP) is 3.11. The van der Waals surface area contributed by atoms with E-state index in [1.54, 1.807) is 6.07 Å². The summed E-state index contributed by atoms with van der Waals surface area (Å²) < 4.78 is 10.8. The molecule has 0 N–H and O–H groups in total. The fourth-order valence-corrected chi connectivity index (χ4v) is 1.58. The van der Waals surface area contributed by atoms with Crippen LogP contribution in [0.15, 0.2) is 36.4 Å². The molecular weight excluding hydrogens is 252 g/mol.